The Balaban J connectivity index is 2.98. The van der Waals surface area contributed by atoms with Crippen LogP contribution in [0.4, 0.5) is 18.9 Å². The second-order valence-electron chi connectivity index (χ2n) is 3.87. The van der Waals surface area contributed by atoms with Gasteiger partial charge in [-0.3, -0.25) is 14.9 Å². The smallest absolute Gasteiger partial charge is 0.440 e. The summed E-state index contributed by atoms with van der Waals surface area (Å²) in [6, 6.07) is 0.393. The predicted octanol–water partition coefficient (Wildman–Crippen LogP) is 1.50. The van der Waals surface area contributed by atoms with E-state index in [1.54, 1.807) is 0 Å². The average molecular weight is 341 g/mol. The molecule has 0 aliphatic rings. The van der Waals surface area contributed by atoms with Crippen molar-refractivity contribution in [3.05, 3.63) is 37.4 Å². The Hall–Kier alpha value is -2.76. The van der Waals surface area contributed by atoms with Crippen molar-refractivity contribution in [2.24, 2.45) is 0 Å². The van der Waals surface area contributed by atoms with Crippen LogP contribution in [0.15, 0.2) is 15.4 Å². The molecule has 0 aromatic carbocycles. The van der Waals surface area contributed by atoms with E-state index >= 15 is 0 Å². The minimum absolute atomic E-state index is 0.393. The molecule has 0 bridgehead atoms. The molecule has 0 saturated carbocycles. The van der Waals surface area contributed by atoms with Gasteiger partial charge in [-0.1, -0.05) is 16.8 Å². The first kappa shape index (κ1) is 15.6. The van der Waals surface area contributed by atoms with Crippen LogP contribution >= 0.6 is 11.6 Å². The van der Waals surface area contributed by atoms with Crippen molar-refractivity contribution in [2.45, 2.75) is 6.18 Å². The average Bonchev–Trinajstić information content (AvgIpc) is 2.71. The lowest BCUT2D eigenvalue weighted by Crippen LogP contribution is -2.34. The molecule has 3 N–H and O–H groups in total. The van der Waals surface area contributed by atoms with Crippen molar-refractivity contribution in [3.8, 4) is 17.1 Å². The number of halogens is 4. The molecule has 0 aliphatic heterocycles. The third kappa shape index (κ3) is 2.32. The third-order valence-corrected chi connectivity index (χ3v) is 2.80. The van der Waals surface area contributed by atoms with Gasteiger partial charge in [0.2, 0.25) is 22.4 Å². The van der Waals surface area contributed by atoms with Crippen molar-refractivity contribution in [3.63, 3.8) is 0 Å². The molecule has 22 heavy (non-hydrogen) atoms. The molecule has 118 valence electrons. The molecule has 0 spiro atoms. The second kappa shape index (κ2) is 4.91. The largest absolute Gasteiger partial charge is 0.502 e. The van der Waals surface area contributed by atoms with Gasteiger partial charge in [0.25, 0.3) is 5.56 Å². The van der Waals surface area contributed by atoms with Gasteiger partial charge in [-0.15, -0.1) is 0 Å². The first-order valence-corrected chi connectivity index (χ1v) is 5.54. The summed E-state index contributed by atoms with van der Waals surface area (Å²) >= 11 is 5.36. The number of rotatable bonds is 2. The van der Waals surface area contributed by atoms with Crippen molar-refractivity contribution >= 4 is 17.3 Å². The molecule has 0 atom stereocenters. The van der Waals surface area contributed by atoms with Crippen LogP contribution in [-0.4, -0.2) is 19.9 Å². The summed E-state index contributed by atoms with van der Waals surface area (Å²) in [6.45, 7) is 0. The number of nitrogens with two attached hydrogens (primary N) is 1. The maximum atomic E-state index is 13.0. The van der Waals surface area contributed by atoms with Crippen molar-refractivity contribution < 1.29 is 27.7 Å². The molecular weight excluding hydrogens is 337 g/mol. The fourth-order valence-electron chi connectivity index (χ4n) is 1.68. The topological polar surface area (TPSA) is 137 Å². The van der Waals surface area contributed by atoms with Gasteiger partial charge < -0.3 is 15.5 Å². The van der Waals surface area contributed by atoms with Crippen molar-refractivity contribution in [1.29, 1.82) is 0 Å². The van der Waals surface area contributed by atoms with Gasteiger partial charge in [0.15, 0.2) is 0 Å². The van der Waals surface area contributed by atoms with Gasteiger partial charge in [0.05, 0.1) is 4.92 Å². The first-order chi connectivity index (χ1) is 10.1. The summed E-state index contributed by atoms with van der Waals surface area (Å²) in [5.74, 6) is 3.13. The molecule has 9 nitrogen and oxygen atoms in total. The number of nitrogens with zero attached hydrogens (tertiary/aromatic N) is 3. The highest BCUT2D eigenvalue weighted by Gasteiger charge is 2.45. The normalized spacial score (nSPS) is 11.6. The lowest BCUT2D eigenvalue weighted by atomic mass is 10.1. The predicted molar refractivity (Wildman–Crippen MR) is 64.7 cm³/mol. The number of alkyl halides is 3. The first-order valence-electron chi connectivity index (χ1n) is 5.17. The Morgan fingerprint density at radius 2 is 2.09 bits per heavy atom. The van der Waals surface area contributed by atoms with Crippen LogP contribution in [0.5, 0.6) is 5.75 Å². The molecule has 2 heterocycles. The summed E-state index contributed by atoms with van der Waals surface area (Å²) in [7, 11) is 0. The Bertz CT molecular complexity index is 828. The van der Waals surface area contributed by atoms with E-state index in [1.807, 2.05) is 0 Å². The molecule has 2 aromatic heterocycles. The summed E-state index contributed by atoms with van der Waals surface area (Å²) in [4.78, 5) is 21.1. The van der Waals surface area contributed by atoms with Gasteiger partial charge in [0, 0.05) is 6.07 Å². The third-order valence-electron chi connectivity index (χ3n) is 2.55. The quantitative estimate of drug-likeness (QED) is 0.480. The van der Waals surface area contributed by atoms with Gasteiger partial charge >= 0.3 is 11.9 Å². The molecule has 2 rings (SSSR count). The maximum Gasteiger partial charge on any atom is 0.440 e. The van der Waals surface area contributed by atoms with Crippen LogP contribution < -0.4 is 11.4 Å². The highest BCUT2D eigenvalue weighted by molar-refractivity contribution is 6.31. The molecular formula is C9H4ClF3N4O5. The van der Waals surface area contributed by atoms with Gasteiger partial charge in [-0.2, -0.15) is 13.2 Å². The van der Waals surface area contributed by atoms with E-state index in [-0.39, 0.29) is 0 Å². The number of hydrogen-bond acceptors (Lipinski definition) is 7. The summed E-state index contributed by atoms with van der Waals surface area (Å²) in [5, 5.41) is 22.9. The molecule has 13 heteroatoms. The number of nitro groups is 1. The van der Waals surface area contributed by atoms with Gasteiger partial charge in [-0.25, -0.2) is 4.68 Å². The van der Waals surface area contributed by atoms with Crippen LogP contribution in [-0.2, 0) is 6.18 Å². The summed E-state index contributed by atoms with van der Waals surface area (Å²) in [5.41, 5.74) is -5.98. The molecule has 0 aliphatic carbocycles. The number of aromatic nitrogens is 2. The molecule has 0 fully saturated rings. The summed E-state index contributed by atoms with van der Waals surface area (Å²) in [6.07, 6.45) is -5.31. The summed E-state index contributed by atoms with van der Waals surface area (Å²) < 4.78 is 42.9. The van der Waals surface area contributed by atoms with E-state index in [0.29, 0.717) is 6.07 Å². The van der Waals surface area contributed by atoms with Crippen molar-refractivity contribution in [2.75, 3.05) is 5.84 Å². The Morgan fingerprint density at radius 1 is 1.50 bits per heavy atom. The maximum absolute atomic E-state index is 13.0. The van der Waals surface area contributed by atoms with Crippen LogP contribution in [0.1, 0.15) is 5.69 Å². The number of pyridine rings is 1. The van der Waals surface area contributed by atoms with E-state index < -0.39 is 54.9 Å². The molecule has 0 radical (unpaired) electrons. The van der Waals surface area contributed by atoms with Crippen LogP contribution in [0.3, 0.4) is 0 Å². The van der Waals surface area contributed by atoms with Gasteiger partial charge in [-0.05, 0) is 0 Å². The molecule has 0 amide bonds. The Morgan fingerprint density at radius 3 is 2.50 bits per heavy atom. The Labute approximate surface area is 122 Å². The number of aromatic hydroxyl groups is 1. The van der Waals surface area contributed by atoms with Crippen LogP contribution in [0, 0.1) is 10.1 Å². The number of hydrogen-bond donors (Lipinski definition) is 2. The second-order valence-corrected chi connectivity index (χ2v) is 4.23. The van der Waals surface area contributed by atoms with Crippen LogP contribution in [0.2, 0.25) is 5.15 Å². The van der Waals surface area contributed by atoms with E-state index in [4.69, 9.17) is 17.4 Å². The zero-order valence-electron chi connectivity index (χ0n) is 10.1. The van der Waals surface area contributed by atoms with E-state index in [9.17, 15) is 33.2 Å². The Kier molecular flexibility index (Phi) is 3.48. The number of nitrogen functional groups attached to an aromatic ring is 1. The molecule has 0 unspecified atom stereocenters. The fraction of sp³-hybridized carbons (Fsp3) is 0.111. The minimum atomic E-state index is -5.31. The van der Waals surface area contributed by atoms with E-state index in [1.165, 1.54) is 0 Å². The highest BCUT2D eigenvalue weighted by atomic mass is 35.5. The lowest BCUT2D eigenvalue weighted by molar-refractivity contribution is -0.388. The van der Waals surface area contributed by atoms with Crippen molar-refractivity contribution in [1.82, 2.24) is 9.83 Å². The fourth-order valence-corrected chi connectivity index (χ4v) is 1.80. The monoisotopic (exact) mass is 340 g/mol. The highest BCUT2D eigenvalue weighted by Crippen LogP contribution is 2.43. The zero-order valence-corrected chi connectivity index (χ0v) is 10.8. The minimum Gasteiger partial charge on any atom is -0.502 e. The molecule has 2 aromatic rings. The van der Waals surface area contributed by atoms with Crippen LogP contribution in [0.25, 0.3) is 11.3 Å². The SMILES string of the molecule is Nn1c(C(F)(F)F)c([N+](=O)[O-])c(-c2onc(Cl)c2O)cc1=O. The zero-order chi connectivity index (χ0) is 16.8. The van der Waals surface area contributed by atoms with E-state index in [0.717, 1.165) is 0 Å². The standard InChI is InChI=1S/C9H4ClF3N4O5/c10-8-5(19)6(22-15-8)2-1-3(18)16(14)7(9(11,12)13)4(2)17(20)21/h1,19H,14H2. The van der Waals surface area contributed by atoms with Gasteiger partial charge in [0.1, 0.15) is 5.56 Å². The lowest BCUT2D eigenvalue weighted by Gasteiger charge is -2.13. The molecule has 0 saturated heterocycles. The van der Waals surface area contributed by atoms with E-state index in [2.05, 4.69) is 9.68 Å².